The molecular weight excluding hydrogens is 453 g/mol. The molecule has 4 rings (SSSR count). The Bertz CT molecular complexity index is 787. The van der Waals surface area contributed by atoms with E-state index >= 15 is 0 Å². The first-order valence-electron chi connectivity index (χ1n) is 12.0. The summed E-state index contributed by atoms with van der Waals surface area (Å²) < 4.78 is 44.4. The molecular formula is C22H35F3N6O3. The van der Waals surface area contributed by atoms with Crippen LogP contribution in [0.25, 0.3) is 0 Å². The number of aliphatic hydroxyl groups is 2. The Morgan fingerprint density at radius 2 is 1.65 bits per heavy atom. The van der Waals surface area contributed by atoms with Crippen LogP contribution >= 0.6 is 0 Å². The summed E-state index contributed by atoms with van der Waals surface area (Å²) in [7, 11) is 2.17. The van der Waals surface area contributed by atoms with Crippen LogP contribution in [0, 0.1) is 5.92 Å². The Hall–Kier alpha value is -1.57. The van der Waals surface area contributed by atoms with E-state index < -0.39 is 36.2 Å². The third kappa shape index (κ3) is 6.55. The number of piperazine rings is 1. The normalized spacial score (nSPS) is 31.0. The van der Waals surface area contributed by atoms with Gasteiger partial charge in [0, 0.05) is 39.3 Å². The highest BCUT2D eigenvalue weighted by atomic mass is 19.4. The molecule has 3 aliphatic heterocycles. The van der Waals surface area contributed by atoms with E-state index in [4.69, 9.17) is 4.74 Å². The van der Waals surface area contributed by atoms with Gasteiger partial charge in [-0.1, -0.05) is 0 Å². The Labute approximate surface area is 197 Å². The van der Waals surface area contributed by atoms with Gasteiger partial charge in [-0.05, 0) is 38.9 Å². The number of aromatic nitrogens is 2. The fourth-order valence-electron chi connectivity index (χ4n) is 4.95. The van der Waals surface area contributed by atoms with Gasteiger partial charge >= 0.3 is 6.18 Å². The molecule has 0 saturated carbocycles. The summed E-state index contributed by atoms with van der Waals surface area (Å²) in [6.45, 7) is 7.68. The van der Waals surface area contributed by atoms with Crippen LogP contribution in [0.5, 0.6) is 0 Å². The zero-order valence-electron chi connectivity index (χ0n) is 19.5. The van der Waals surface area contributed by atoms with Gasteiger partial charge < -0.3 is 30.1 Å². The standard InChI is InChI=1S/C22H35F3N6O3/c1-29-4-2-15(3-5-29)12-30-6-8-31(9-7-30)13-17-21(33)20(32)16(14-34-17)27-19-11-26-10-18(28-19)22(23,24)25/h10-11,15-17,20-21,32-33H,2-9,12-14H2,1H3,(H,27,28)/t16-,17+,20+,21-/m0/s1. The lowest BCUT2D eigenvalue weighted by Crippen LogP contribution is -2.59. The van der Waals surface area contributed by atoms with E-state index in [9.17, 15) is 23.4 Å². The molecule has 34 heavy (non-hydrogen) atoms. The molecule has 4 atom stereocenters. The lowest BCUT2D eigenvalue weighted by Gasteiger charge is -2.42. The molecule has 0 unspecified atom stereocenters. The van der Waals surface area contributed by atoms with Crippen LogP contribution in [0.1, 0.15) is 18.5 Å². The fourth-order valence-corrected chi connectivity index (χ4v) is 4.95. The number of halogens is 3. The summed E-state index contributed by atoms with van der Waals surface area (Å²) in [5.74, 6) is 0.626. The van der Waals surface area contributed by atoms with E-state index in [1.54, 1.807) is 0 Å². The number of hydrogen-bond donors (Lipinski definition) is 3. The van der Waals surface area contributed by atoms with Crippen molar-refractivity contribution in [1.82, 2.24) is 24.7 Å². The van der Waals surface area contributed by atoms with E-state index in [2.05, 4.69) is 37.0 Å². The molecule has 12 heteroatoms. The van der Waals surface area contributed by atoms with Gasteiger partial charge in [-0.3, -0.25) is 9.88 Å². The van der Waals surface area contributed by atoms with Gasteiger partial charge in [0.15, 0.2) is 5.69 Å². The van der Waals surface area contributed by atoms with Crippen molar-refractivity contribution in [3.05, 3.63) is 18.1 Å². The summed E-state index contributed by atoms with van der Waals surface area (Å²) in [4.78, 5) is 14.2. The average molecular weight is 489 g/mol. The van der Waals surface area contributed by atoms with Crippen molar-refractivity contribution in [1.29, 1.82) is 0 Å². The van der Waals surface area contributed by atoms with E-state index in [-0.39, 0.29) is 12.4 Å². The van der Waals surface area contributed by atoms with Gasteiger partial charge in [0.2, 0.25) is 0 Å². The van der Waals surface area contributed by atoms with Crippen molar-refractivity contribution in [2.75, 3.05) is 71.3 Å². The highest BCUT2D eigenvalue weighted by molar-refractivity contribution is 5.34. The van der Waals surface area contributed by atoms with Crippen LogP contribution in [-0.2, 0) is 10.9 Å². The van der Waals surface area contributed by atoms with Gasteiger partial charge in [0.05, 0.1) is 31.1 Å². The Kier molecular flexibility index (Phi) is 8.26. The molecule has 0 aliphatic carbocycles. The number of ether oxygens (including phenoxy) is 1. The number of nitrogens with zero attached hydrogens (tertiary/aromatic N) is 5. The Balaban J connectivity index is 1.22. The van der Waals surface area contributed by atoms with Gasteiger partial charge in [0.1, 0.15) is 18.0 Å². The van der Waals surface area contributed by atoms with Crippen molar-refractivity contribution >= 4 is 5.82 Å². The largest absolute Gasteiger partial charge is 0.434 e. The molecule has 1 aromatic heterocycles. The highest BCUT2D eigenvalue weighted by Gasteiger charge is 2.40. The number of anilines is 1. The summed E-state index contributed by atoms with van der Waals surface area (Å²) in [5, 5.41) is 23.9. The minimum atomic E-state index is -4.62. The number of likely N-dealkylation sites (tertiary alicyclic amines) is 1. The van der Waals surface area contributed by atoms with Crippen LogP contribution in [0.3, 0.4) is 0 Å². The zero-order valence-corrected chi connectivity index (χ0v) is 19.5. The quantitative estimate of drug-likeness (QED) is 0.524. The molecule has 0 spiro atoms. The third-order valence-corrected chi connectivity index (χ3v) is 7.15. The van der Waals surface area contributed by atoms with Crippen LogP contribution in [0.2, 0.25) is 0 Å². The van der Waals surface area contributed by atoms with Crippen molar-refractivity contribution < 1.29 is 28.1 Å². The van der Waals surface area contributed by atoms with Crippen LogP contribution in [0.15, 0.2) is 12.4 Å². The molecule has 3 N–H and O–H groups in total. The van der Waals surface area contributed by atoms with E-state index in [0.29, 0.717) is 12.7 Å². The van der Waals surface area contributed by atoms with Crippen LogP contribution < -0.4 is 5.32 Å². The predicted octanol–water partition coefficient (Wildman–Crippen LogP) is 0.356. The monoisotopic (exact) mass is 488 g/mol. The van der Waals surface area contributed by atoms with Gasteiger partial charge in [-0.25, -0.2) is 4.98 Å². The second-order valence-electron chi connectivity index (χ2n) is 9.74. The SMILES string of the molecule is CN1CCC(CN2CCN(C[C@H]3OC[C@H](Nc4cncc(C(F)(F)F)n4)[C@@H](O)[C@H]3O)CC2)CC1. The summed E-state index contributed by atoms with van der Waals surface area (Å²) in [6, 6.07) is -0.796. The molecule has 0 bridgehead atoms. The number of hydrogen-bond acceptors (Lipinski definition) is 9. The fraction of sp³-hybridized carbons (Fsp3) is 0.818. The molecule has 3 aliphatic rings. The first kappa shape index (κ1) is 25.5. The number of rotatable bonds is 6. The lowest BCUT2D eigenvalue weighted by molar-refractivity contribution is -0.148. The Morgan fingerprint density at radius 1 is 1.00 bits per heavy atom. The lowest BCUT2D eigenvalue weighted by atomic mass is 9.96. The second-order valence-corrected chi connectivity index (χ2v) is 9.74. The average Bonchev–Trinajstić information content (AvgIpc) is 2.81. The van der Waals surface area contributed by atoms with Crippen LogP contribution in [-0.4, -0.2) is 125 Å². The highest BCUT2D eigenvalue weighted by Crippen LogP contribution is 2.28. The van der Waals surface area contributed by atoms with E-state index in [0.717, 1.165) is 44.8 Å². The van der Waals surface area contributed by atoms with E-state index in [1.807, 2.05) is 0 Å². The topological polar surface area (TPSA) is 97.2 Å². The van der Waals surface area contributed by atoms with Gasteiger partial charge in [-0.2, -0.15) is 13.2 Å². The minimum absolute atomic E-state index is 0.0386. The zero-order chi connectivity index (χ0) is 24.3. The molecule has 3 fully saturated rings. The van der Waals surface area contributed by atoms with E-state index in [1.165, 1.54) is 25.9 Å². The predicted molar refractivity (Wildman–Crippen MR) is 119 cm³/mol. The minimum Gasteiger partial charge on any atom is -0.388 e. The maximum Gasteiger partial charge on any atom is 0.434 e. The van der Waals surface area contributed by atoms with Crippen molar-refractivity contribution in [3.63, 3.8) is 0 Å². The summed E-state index contributed by atoms with van der Waals surface area (Å²) >= 11 is 0. The molecule has 4 heterocycles. The van der Waals surface area contributed by atoms with Gasteiger partial charge in [0.25, 0.3) is 0 Å². The molecule has 9 nitrogen and oxygen atoms in total. The van der Waals surface area contributed by atoms with Crippen molar-refractivity contribution in [2.24, 2.45) is 5.92 Å². The maximum atomic E-state index is 12.9. The molecule has 0 aromatic carbocycles. The van der Waals surface area contributed by atoms with Crippen molar-refractivity contribution in [3.8, 4) is 0 Å². The van der Waals surface area contributed by atoms with Crippen LogP contribution in [0.4, 0.5) is 19.0 Å². The first-order valence-corrected chi connectivity index (χ1v) is 12.0. The molecule has 3 saturated heterocycles. The molecule has 192 valence electrons. The molecule has 0 amide bonds. The second kappa shape index (κ2) is 11.0. The smallest absolute Gasteiger partial charge is 0.388 e. The number of alkyl halides is 3. The summed E-state index contributed by atoms with van der Waals surface area (Å²) in [6.07, 6.45) is -3.28. The maximum absolute atomic E-state index is 12.9. The molecule has 0 radical (unpaired) electrons. The number of aliphatic hydroxyl groups excluding tert-OH is 2. The Morgan fingerprint density at radius 3 is 2.29 bits per heavy atom. The third-order valence-electron chi connectivity index (χ3n) is 7.15. The molecule has 1 aromatic rings. The van der Waals surface area contributed by atoms with Gasteiger partial charge in [-0.15, -0.1) is 0 Å². The first-order chi connectivity index (χ1) is 16.2. The number of piperidine rings is 1. The number of nitrogens with one attached hydrogen (secondary N) is 1. The summed E-state index contributed by atoms with van der Waals surface area (Å²) in [5.41, 5.74) is -1.13. The van der Waals surface area contributed by atoms with Crippen molar-refractivity contribution in [2.45, 2.75) is 43.4 Å².